The molecule has 2 fully saturated rings. The van der Waals surface area contributed by atoms with Crippen LogP contribution in [0.15, 0.2) is 27.4 Å². The van der Waals surface area contributed by atoms with Crippen LogP contribution in [-0.2, 0) is 21.5 Å². The second-order valence-electron chi connectivity index (χ2n) is 9.71. The van der Waals surface area contributed by atoms with E-state index >= 15 is 0 Å². The average molecular weight is 478 g/mol. The summed E-state index contributed by atoms with van der Waals surface area (Å²) in [6.07, 6.45) is -0.218. The number of aryl methyl sites for hydroxylation is 1. The first-order valence-corrected chi connectivity index (χ1v) is 13.1. The van der Waals surface area contributed by atoms with Gasteiger partial charge in [-0.3, -0.25) is 4.90 Å². The Bertz CT molecular complexity index is 1160. The number of piperazine rings is 1. The van der Waals surface area contributed by atoms with Crippen LogP contribution >= 0.6 is 0 Å². The topological polar surface area (TPSA) is 83.3 Å². The summed E-state index contributed by atoms with van der Waals surface area (Å²) in [7, 11) is -3.51. The zero-order valence-electron chi connectivity index (χ0n) is 20.2. The number of morpholine rings is 1. The lowest BCUT2D eigenvalue weighted by molar-refractivity contribution is -0.0457. The minimum Gasteiger partial charge on any atom is -0.423 e. The second-order valence-corrected chi connectivity index (χ2v) is 11.6. The fraction of sp³-hybridized carbons (Fsp3) is 0.625. The van der Waals surface area contributed by atoms with E-state index in [-0.39, 0.29) is 17.8 Å². The molecule has 33 heavy (non-hydrogen) atoms. The maximum atomic E-state index is 13.2. The quantitative estimate of drug-likeness (QED) is 0.616. The van der Waals surface area contributed by atoms with Crippen LogP contribution in [0.3, 0.4) is 0 Å². The molecule has 2 aliphatic heterocycles. The van der Waals surface area contributed by atoms with E-state index in [2.05, 4.69) is 24.8 Å². The van der Waals surface area contributed by atoms with Crippen LogP contribution in [0.2, 0.25) is 0 Å². The zero-order chi connectivity index (χ0) is 23.9. The van der Waals surface area contributed by atoms with E-state index in [1.807, 2.05) is 26.8 Å². The summed E-state index contributed by atoms with van der Waals surface area (Å²) < 4.78 is 40.6. The Hall–Kier alpha value is -1.78. The van der Waals surface area contributed by atoms with Gasteiger partial charge in [0, 0.05) is 57.3 Å². The maximum absolute atomic E-state index is 13.2. The molecule has 0 saturated carbocycles. The van der Waals surface area contributed by atoms with Crippen LogP contribution in [-0.4, -0.2) is 73.4 Å². The molecular weight excluding hydrogens is 442 g/mol. The van der Waals surface area contributed by atoms with E-state index in [1.54, 1.807) is 14.7 Å². The summed E-state index contributed by atoms with van der Waals surface area (Å²) in [6, 6.07) is 5.65. The summed E-state index contributed by atoms with van der Waals surface area (Å²) in [6.45, 7) is 13.6. The highest BCUT2D eigenvalue weighted by Crippen LogP contribution is 2.28. The average Bonchev–Trinajstić information content (AvgIpc) is 2.72. The summed E-state index contributed by atoms with van der Waals surface area (Å²) in [5.41, 5.74) is 3.53. The largest absolute Gasteiger partial charge is 0.423 e. The second kappa shape index (κ2) is 9.46. The number of ether oxygens (including phenoxy) is 1. The smallest absolute Gasteiger partial charge is 0.336 e. The molecule has 2 atom stereocenters. The van der Waals surface area contributed by atoms with E-state index in [4.69, 9.17) is 9.15 Å². The lowest BCUT2D eigenvalue weighted by Crippen LogP contribution is -2.57. The third-order valence-corrected chi connectivity index (χ3v) is 8.57. The van der Waals surface area contributed by atoms with Crippen molar-refractivity contribution in [3.8, 4) is 0 Å². The van der Waals surface area contributed by atoms with Gasteiger partial charge in [-0.25, -0.2) is 4.79 Å². The molecule has 0 aliphatic carbocycles. The molecule has 2 saturated heterocycles. The predicted octanol–water partition coefficient (Wildman–Crippen LogP) is 2.70. The normalized spacial score (nSPS) is 24.1. The van der Waals surface area contributed by atoms with Crippen molar-refractivity contribution in [3.63, 3.8) is 0 Å². The lowest BCUT2D eigenvalue weighted by Gasteiger charge is -2.40. The van der Waals surface area contributed by atoms with Crippen molar-refractivity contribution >= 4 is 21.2 Å². The van der Waals surface area contributed by atoms with Crippen molar-refractivity contribution < 1.29 is 17.6 Å². The number of fused-ring (bicyclic) bond motifs is 1. The highest BCUT2D eigenvalue weighted by molar-refractivity contribution is 7.86. The Balaban J connectivity index is 1.49. The van der Waals surface area contributed by atoms with Gasteiger partial charge in [0.15, 0.2) is 0 Å². The Labute approximate surface area is 196 Å². The molecule has 8 nitrogen and oxygen atoms in total. The number of hydrogen-bond donors (Lipinski definition) is 0. The van der Waals surface area contributed by atoms with E-state index in [0.717, 1.165) is 16.5 Å². The molecule has 0 radical (unpaired) electrons. The molecule has 0 bridgehead atoms. The van der Waals surface area contributed by atoms with Gasteiger partial charge in [0.2, 0.25) is 0 Å². The van der Waals surface area contributed by atoms with Gasteiger partial charge >= 0.3 is 5.63 Å². The Morgan fingerprint density at radius 1 is 1.00 bits per heavy atom. The van der Waals surface area contributed by atoms with Gasteiger partial charge in [-0.15, -0.1) is 0 Å². The van der Waals surface area contributed by atoms with Crippen LogP contribution in [0.25, 0.3) is 11.0 Å². The molecule has 2 unspecified atom stereocenters. The molecule has 9 heteroatoms. The van der Waals surface area contributed by atoms with Crippen molar-refractivity contribution in [3.05, 3.63) is 45.3 Å². The van der Waals surface area contributed by atoms with E-state index in [9.17, 15) is 13.2 Å². The van der Waals surface area contributed by atoms with Gasteiger partial charge in [-0.05, 0) is 55.5 Å². The first-order chi connectivity index (χ1) is 15.5. The van der Waals surface area contributed by atoms with Crippen LogP contribution in [0, 0.1) is 6.92 Å². The number of rotatable bonds is 5. The highest BCUT2D eigenvalue weighted by Gasteiger charge is 2.36. The van der Waals surface area contributed by atoms with Crippen LogP contribution in [0.5, 0.6) is 0 Å². The van der Waals surface area contributed by atoms with Crippen molar-refractivity contribution in [2.45, 2.75) is 59.3 Å². The maximum Gasteiger partial charge on any atom is 0.336 e. The molecule has 0 N–H and O–H groups in total. The highest BCUT2D eigenvalue weighted by atomic mass is 32.2. The minimum absolute atomic E-state index is 0.109. The third-order valence-electron chi connectivity index (χ3n) is 6.60. The molecule has 3 heterocycles. The molecule has 0 spiro atoms. The van der Waals surface area contributed by atoms with Crippen LogP contribution in [0.1, 0.15) is 50.3 Å². The Morgan fingerprint density at radius 3 is 2.24 bits per heavy atom. The molecule has 2 aromatic rings. The van der Waals surface area contributed by atoms with E-state index in [1.165, 1.54) is 5.56 Å². The number of hydrogen-bond acceptors (Lipinski definition) is 6. The van der Waals surface area contributed by atoms with Gasteiger partial charge < -0.3 is 9.15 Å². The van der Waals surface area contributed by atoms with Crippen molar-refractivity contribution in [2.24, 2.45) is 0 Å². The molecule has 0 amide bonds. The van der Waals surface area contributed by atoms with E-state index in [0.29, 0.717) is 57.3 Å². The van der Waals surface area contributed by atoms with Crippen molar-refractivity contribution in [1.29, 1.82) is 0 Å². The first kappa shape index (κ1) is 24.3. The fourth-order valence-corrected chi connectivity index (χ4v) is 6.73. The number of benzene rings is 1. The van der Waals surface area contributed by atoms with Crippen LogP contribution in [0.4, 0.5) is 0 Å². The minimum atomic E-state index is -3.51. The predicted molar refractivity (Wildman–Crippen MR) is 129 cm³/mol. The molecule has 182 valence electrons. The zero-order valence-corrected chi connectivity index (χ0v) is 21.0. The Kier molecular flexibility index (Phi) is 6.98. The van der Waals surface area contributed by atoms with Gasteiger partial charge in [0.25, 0.3) is 10.2 Å². The summed E-state index contributed by atoms with van der Waals surface area (Å²) in [5.74, 6) is 0.369. The summed E-state index contributed by atoms with van der Waals surface area (Å²) in [4.78, 5) is 14.4. The van der Waals surface area contributed by atoms with Crippen molar-refractivity contribution in [1.82, 2.24) is 13.5 Å². The van der Waals surface area contributed by atoms with Crippen LogP contribution < -0.4 is 5.63 Å². The van der Waals surface area contributed by atoms with Gasteiger partial charge in [0.05, 0.1) is 12.2 Å². The van der Waals surface area contributed by atoms with Crippen molar-refractivity contribution in [2.75, 3.05) is 39.3 Å². The molecular formula is C24H35N3O5S. The number of nitrogens with zero attached hydrogens (tertiary/aromatic N) is 3. The van der Waals surface area contributed by atoms with E-state index < -0.39 is 10.2 Å². The third kappa shape index (κ3) is 5.17. The Morgan fingerprint density at radius 2 is 1.64 bits per heavy atom. The molecule has 1 aromatic heterocycles. The molecule has 1 aromatic carbocycles. The first-order valence-electron chi connectivity index (χ1n) is 11.7. The molecule has 4 rings (SSSR count). The fourth-order valence-electron chi connectivity index (χ4n) is 4.99. The SMILES string of the molecule is Cc1cc2oc(=O)cc(CN3CCN(S(=O)(=O)N4CC(C)OC(C)C4)CC3)c2cc1C(C)C. The standard InChI is InChI=1S/C24H35N3O5S/c1-16(2)21-12-22-20(11-24(28)32-23(22)10-17(21)3)15-25-6-8-26(9-7-25)33(29,30)27-13-18(4)31-19(5)14-27/h10-12,16,18-19H,6-9,13-15H2,1-5H3. The monoisotopic (exact) mass is 477 g/mol. The summed E-state index contributed by atoms with van der Waals surface area (Å²) >= 11 is 0. The molecule has 2 aliphatic rings. The van der Waals surface area contributed by atoms with Gasteiger partial charge in [-0.2, -0.15) is 17.0 Å². The van der Waals surface area contributed by atoms with Gasteiger partial charge in [0.1, 0.15) is 5.58 Å². The summed E-state index contributed by atoms with van der Waals surface area (Å²) in [5, 5.41) is 0.954. The van der Waals surface area contributed by atoms with Gasteiger partial charge in [-0.1, -0.05) is 13.8 Å². The lowest BCUT2D eigenvalue weighted by atomic mass is 9.95.